The lowest BCUT2D eigenvalue weighted by atomic mass is 10.1. The van der Waals surface area contributed by atoms with Crippen LogP contribution in [0, 0.1) is 17.8 Å². The van der Waals surface area contributed by atoms with E-state index < -0.39 is 0 Å². The van der Waals surface area contributed by atoms with Gasteiger partial charge in [0.05, 0.1) is 6.54 Å². The summed E-state index contributed by atoms with van der Waals surface area (Å²) in [4.78, 5) is 14.3. The van der Waals surface area contributed by atoms with E-state index in [1.807, 2.05) is 36.1 Å². The molecule has 102 valence electrons. The third kappa shape index (κ3) is 4.76. The number of amides is 1. The molecular formula is C16H22N2O. The molecule has 0 atom stereocenters. The summed E-state index contributed by atoms with van der Waals surface area (Å²) in [6.45, 7) is 8.03. The van der Waals surface area contributed by atoms with E-state index in [-0.39, 0.29) is 5.91 Å². The predicted molar refractivity (Wildman–Crippen MR) is 78.8 cm³/mol. The number of benzene rings is 1. The lowest BCUT2D eigenvalue weighted by molar-refractivity contribution is 0.0746. The number of rotatable bonds is 4. The number of nitrogens with two attached hydrogens (primary N) is 1. The van der Waals surface area contributed by atoms with Gasteiger partial charge in [0, 0.05) is 24.2 Å². The van der Waals surface area contributed by atoms with E-state index in [0.717, 1.165) is 18.7 Å². The molecule has 0 fully saturated rings. The number of carbonyl (C=O) groups excluding carboxylic acids is 1. The van der Waals surface area contributed by atoms with E-state index >= 15 is 0 Å². The van der Waals surface area contributed by atoms with Crippen LogP contribution in [0.5, 0.6) is 0 Å². The van der Waals surface area contributed by atoms with Crippen LogP contribution in [0.25, 0.3) is 0 Å². The SMILES string of the molecule is CCN(CC(C)C)C(=O)c1cccc(C#CCN)c1. The molecule has 3 nitrogen and oxygen atoms in total. The Bertz CT molecular complexity index is 483. The van der Waals surface area contributed by atoms with Crippen molar-refractivity contribution in [3.8, 4) is 11.8 Å². The zero-order chi connectivity index (χ0) is 14.3. The molecule has 1 rings (SSSR count). The van der Waals surface area contributed by atoms with Gasteiger partial charge in [-0.3, -0.25) is 4.79 Å². The van der Waals surface area contributed by atoms with Gasteiger partial charge in [0.25, 0.3) is 5.91 Å². The Morgan fingerprint density at radius 1 is 1.42 bits per heavy atom. The summed E-state index contributed by atoms with van der Waals surface area (Å²) in [6.07, 6.45) is 0. The Hall–Kier alpha value is -1.79. The molecule has 0 aliphatic rings. The Balaban J connectivity index is 2.92. The average Bonchev–Trinajstić information content (AvgIpc) is 2.41. The number of hydrogen-bond donors (Lipinski definition) is 1. The van der Waals surface area contributed by atoms with E-state index in [1.165, 1.54) is 0 Å². The van der Waals surface area contributed by atoms with Crippen molar-refractivity contribution < 1.29 is 4.79 Å². The first-order valence-corrected chi connectivity index (χ1v) is 6.66. The fourth-order valence-electron chi connectivity index (χ4n) is 1.86. The van der Waals surface area contributed by atoms with E-state index in [2.05, 4.69) is 25.7 Å². The number of carbonyl (C=O) groups is 1. The van der Waals surface area contributed by atoms with Crippen LogP contribution < -0.4 is 5.73 Å². The minimum absolute atomic E-state index is 0.0626. The second-order valence-electron chi connectivity index (χ2n) is 4.82. The molecular weight excluding hydrogens is 236 g/mol. The molecule has 0 saturated carbocycles. The van der Waals surface area contributed by atoms with Gasteiger partial charge in [-0.05, 0) is 31.0 Å². The van der Waals surface area contributed by atoms with Crippen LogP contribution in [0.1, 0.15) is 36.7 Å². The molecule has 0 aromatic heterocycles. The highest BCUT2D eigenvalue weighted by molar-refractivity contribution is 5.94. The second-order valence-corrected chi connectivity index (χ2v) is 4.82. The number of hydrogen-bond acceptors (Lipinski definition) is 2. The molecule has 0 aliphatic heterocycles. The molecule has 2 N–H and O–H groups in total. The fraction of sp³-hybridized carbons (Fsp3) is 0.438. The van der Waals surface area contributed by atoms with Gasteiger partial charge in [-0.2, -0.15) is 0 Å². The average molecular weight is 258 g/mol. The Labute approximate surface area is 115 Å². The van der Waals surface area contributed by atoms with Gasteiger partial charge in [0.1, 0.15) is 0 Å². The quantitative estimate of drug-likeness (QED) is 0.841. The highest BCUT2D eigenvalue weighted by Crippen LogP contribution is 2.09. The molecule has 0 heterocycles. The first-order valence-electron chi connectivity index (χ1n) is 6.66. The Kier molecular flexibility index (Phi) is 6.11. The lowest BCUT2D eigenvalue weighted by Gasteiger charge is -2.23. The summed E-state index contributed by atoms with van der Waals surface area (Å²) in [5.74, 6) is 6.28. The standard InChI is InChI=1S/C16H22N2O/c1-4-18(12-13(2)3)16(19)15-9-5-7-14(11-15)8-6-10-17/h5,7,9,11,13H,4,10,12,17H2,1-3H3. The van der Waals surface area contributed by atoms with Gasteiger partial charge >= 0.3 is 0 Å². The molecule has 3 heteroatoms. The van der Waals surface area contributed by atoms with Crippen LogP contribution in [0.2, 0.25) is 0 Å². The number of nitrogens with zero attached hydrogens (tertiary/aromatic N) is 1. The fourth-order valence-corrected chi connectivity index (χ4v) is 1.86. The third-order valence-corrected chi connectivity index (χ3v) is 2.70. The van der Waals surface area contributed by atoms with Crippen molar-refractivity contribution in [3.63, 3.8) is 0 Å². The van der Waals surface area contributed by atoms with E-state index in [1.54, 1.807) is 0 Å². The third-order valence-electron chi connectivity index (χ3n) is 2.70. The predicted octanol–water partition coefficient (Wildman–Crippen LogP) is 2.11. The van der Waals surface area contributed by atoms with Crippen molar-refractivity contribution in [2.45, 2.75) is 20.8 Å². The summed E-state index contributed by atoms with van der Waals surface area (Å²) in [5, 5.41) is 0. The van der Waals surface area contributed by atoms with Crippen molar-refractivity contribution in [2.24, 2.45) is 11.7 Å². The van der Waals surface area contributed by atoms with Crippen LogP contribution in [0.4, 0.5) is 0 Å². The van der Waals surface area contributed by atoms with Crippen LogP contribution >= 0.6 is 0 Å². The molecule has 0 aliphatic carbocycles. The van der Waals surface area contributed by atoms with Crippen molar-refractivity contribution in [2.75, 3.05) is 19.6 Å². The smallest absolute Gasteiger partial charge is 0.253 e. The zero-order valence-electron chi connectivity index (χ0n) is 11.9. The van der Waals surface area contributed by atoms with Crippen LogP contribution in [0.3, 0.4) is 0 Å². The van der Waals surface area contributed by atoms with Crippen molar-refractivity contribution >= 4 is 5.91 Å². The maximum atomic E-state index is 12.4. The molecule has 1 aromatic carbocycles. The molecule has 0 saturated heterocycles. The van der Waals surface area contributed by atoms with Crippen molar-refractivity contribution in [1.29, 1.82) is 0 Å². The Morgan fingerprint density at radius 2 is 2.16 bits per heavy atom. The van der Waals surface area contributed by atoms with Gasteiger partial charge in [0.2, 0.25) is 0 Å². The topological polar surface area (TPSA) is 46.3 Å². The molecule has 0 unspecified atom stereocenters. The molecule has 1 amide bonds. The van der Waals surface area contributed by atoms with Crippen molar-refractivity contribution in [1.82, 2.24) is 4.90 Å². The molecule has 19 heavy (non-hydrogen) atoms. The normalized spacial score (nSPS) is 9.95. The van der Waals surface area contributed by atoms with Crippen LogP contribution in [-0.4, -0.2) is 30.4 Å². The van der Waals surface area contributed by atoms with Crippen molar-refractivity contribution in [3.05, 3.63) is 35.4 Å². The highest BCUT2D eigenvalue weighted by Gasteiger charge is 2.15. The first-order chi connectivity index (χ1) is 9.08. The van der Waals surface area contributed by atoms with Gasteiger partial charge in [-0.25, -0.2) is 0 Å². The molecule has 0 radical (unpaired) electrons. The lowest BCUT2D eigenvalue weighted by Crippen LogP contribution is -2.34. The van der Waals surface area contributed by atoms with E-state index in [0.29, 0.717) is 18.0 Å². The van der Waals surface area contributed by atoms with Gasteiger partial charge in [-0.1, -0.05) is 31.8 Å². The van der Waals surface area contributed by atoms with Gasteiger partial charge in [-0.15, -0.1) is 0 Å². The Morgan fingerprint density at radius 3 is 2.74 bits per heavy atom. The summed E-state index contributed by atoms with van der Waals surface area (Å²) in [5.41, 5.74) is 6.87. The molecule has 0 spiro atoms. The highest BCUT2D eigenvalue weighted by atomic mass is 16.2. The van der Waals surface area contributed by atoms with E-state index in [4.69, 9.17) is 5.73 Å². The largest absolute Gasteiger partial charge is 0.339 e. The maximum absolute atomic E-state index is 12.4. The van der Waals surface area contributed by atoms with Gasteiger partial charge in [0.15, 0.2) is 0 Å². The molecule has 1 aromatic rings. The minimum Gasteiger partial charge on any atom is -0.339 e. The summed E-state index contributed by atoms with van der Waals surface area (Å²) < 4.78 is 0. The summed E-state index contributed by atoms with van der Waals surface area (Å²) in [7, 11) is 0. The maximum Gasteiger partial charge on any atom is 0.253 e. The summed E-state index contributed by atoms with van der Waals surface area (Å²) in [6, 6.07) is 7.40. The molecule has 0 bridgehead atoms. The van der Waals surface area contributed by atoms with Gasteiger partial charge < -0.3 is 10.6 Å². The van der Waals surface area contributed by atoms with Crippen LogP contribution in [-0.2, 0) is 0 Å². The summed E-state index contributed by atoms with van der Waals surface area (Å²) >= 11 is 0. The van der Waals surface area contributed by atoms with Crippen LogP contribution in [0.15, 0.2) is 24.3 Å². The second kappa shape index (κ2) is 7.60. The van der Waals surface area contributed by atoms with E-state index in [9.17, 15) is 4.79 Å². The minimum atomic E-state index is 0.0626. The first kappa shape index (κ1) is 15.3. The zero-order valence-corrected chi connectivity index (χ0v) is 11.9. The monoisotopic (exact) mass is 258 g/mol.